The summed E-state index contributed by atoms with van der Waals surface area (Å²) in [6.45, 7) is 7.74. The van der Waals surface area contributed by atoms with Crippen LogP contribution in [0.2, 0.25) is 0 Å². The predicted molar refractivity (Wildman–Crippen MR) is 58.2 cm³/mol. The van der Waals surface area contributed by atoms with Gasteiger partial charge in [-0.05, 0) is 57.0 Å². The molecule has 0 aromatic carbocycles. The number of hydrogen-bond donors (Lipinski definition) is 1. The summed E-state index contributed by atoms with van der Waals surface area (Å²) < 4.78 is 0. The molecule has 2 aliphatic heterocycles. The highest BCUT2D eigenvalue weighted by atomic mass is 15.2. The van der Waals surface area contributed by atoms with Crippen molar-refractivity contribution in [1.82, 2.24) is 10.2 Å². The van der Waals surface area contributed by atoms with Gasteiger partial charge in [-0.2, -0.15) is 0 Å². The molecular formula is C12H22N2. The third-order valence-corrected chi connectivity index (χ3v) is 4.56. The first-order valence-corrected chi connectivity index (χ1v) is 6.28. The highest BCUT2D eigenvalue weighted by Crippen LogP contribution is 2.45. The fourth-order valence-electron chi connectivity index (χ4n) is 3.32. The lowest BCUT2D eigenvalue weighted by molar-refractivity contribution is 0.183. The van der Waals surface area contributed by atoms with Crippen LogP contribution < -0.4 is 5.32 Å². The van der Waals surface area contributed by atoms with E-state index in [9.17, 15) is 0 Å². The van der Waals surface area contributed by atoms with Gasteiger partial charge in [0.1, 0.15) is 0 Å². The number of nitrogens with zero attached hydrogens (tertiary/aromatic N) is 1. The number of fused-ring (bicyclic) bond motifs is 1. The van der Waals surface area contributed by atoms with Crippen molar-refractivity contribution in [2.75, 3.05) is 26.2 Å². The standard InChI is InChI=1S/C12H22N2/c1-9-11(2-4-13-9)7-14-5-3-10-6-12(10)8-14/h9-13H,2-8H2,1H3. The van der Waals surface area contributed by atoms with Crippen molar-refractivity contribution in [1.29, 1.82) is 0 Å². The predicted octanol–water partition coefficient (Wildman–Crippen LogP) is 1.33. The summed E-state index contributed by atoms with van der Waals surface area (Å²) in [6.07, 6.45) is 4.42. The molecule has 1 aliphatic carbocycles. The maximum absolute atomic E-state index is 3.55. The minimum atomic E-state index is 0.756. The van der Waals surface area contributed by atoms with Crippen molar-refractivity contribution in [3.05, 3.63) is 0 Å². The van der Waals surface area contributed by atoms with Crippen LogP contribution in [0.4, 0.5) is 0 Å². The minimum absolute atomic E-state index is 0.756. The van der Waals surface area contributed by atoms with E-state index >= 15 is 0 Å². The first-order valence-electron chi connectivity index (χ1n) is 6.28. The molecule has 2 nitrogen and oxygen atoms in total. The van der Waals surface area contributed by atoms with Crippen LogP contribution >= 0.6 is 0 Å². The molecule has 1 saturated carbocycles. The van der Waals surface area contributed by atoms with E-state index in [1.165, 1.54) is 45.4 Å². The van der Waals surface area contributed by atoms with Gasteiger partial charge in [0.2, 0.25) is 0 Å². The Morgan fingerprint density at radius 3 is 2.93 bits per heavy atom. The monoisotopic (exact) mass is 194 g/mol. The molecule has 3 rings (SSSR count). The lowest BCUT2D eigenvalue weighted by Gasteiger charge is -2.30. The quantitative estimate of drug-likeness (QED) is 0.713. The van der Waals surface area contributed by atoms with Crippen molar-refractivity contribution >= 4 is 0 Å². The number of likely N-dealkylation sites (tertiary alicyclic amines) is 1. The second kappa shape index (κ2) is 3.49. The Labute approximate surface area is 87.0 Å². The molecule has 80 valence electrons. The van der Waals surface area contributed by atoms with E-state index < -0.39 is 0 Å². The molecule has 4 atom stereocenters. The fraction of sp³-hybridized carbons (Fsp3) is 1.00. The average Bonchev–Trinajstić information content (AvgIpc) is 2.84. The zero-order valence-corrected chi connectivity index (χ0v) is 9.21. The van der Waals surface area contributed by atoms with E-state index in [2.05, 4.69) is 17.1 Å². The third kappa shape index (κ3) is 1.70. The molecule has 3 aliphatic rings. The van der Waals surface area contributed by atoms with Gasteiger partial charge in [-0.1, -0.05) is 0 Å². The number of nitrogens with one attached hydrogen (secondary N) is 1. The van der Waals surface area contributed by atoms with Gasteiger partial charge in [-0.3, -0.25) is 0 Å². The molecule has 0 bridgehead atoms. The van der Waals surface area contributed by atoms with Crippen LogP contribution in [-0.4, -0.2) is 37.1 Å². The van der Waals surface area contributed by atoms with E-state index in [4.69, 9.17) is 0 Å². The van der Waals surface area contributed by atoms with Gasteiger partial charge >= 0.3 is 0 Å². The van der Waals surface area contributed by atoms with E-state index in [1.54, 1.807) is 0 Å². The van der Waals surface area contributed by atoms with Gasteiger partial charge in [-0.15, -0.1) is 0 Å². The Balaban J connectivity index is 1.51. The van der Waals surface area contributed by atoms with E-state index in [0.29, 0.717) is 0 Å². The Morgan fingerprint density at radius 2 is 2.21 bits per heavy atom. The summed E-state index contributed by atoms with van der Waals surface area (Å²) in [5, 5.41) is 3.55. The molecule has 1 N–H and O–H groups in total. The van der Waals surface area contributed by atoms with Crippen LogP contribution in [0.15, 0.2) is 0 Å². The molecule has 2 heteroatoms. The topological polar surface area (TPSA) is 15.3 Å². The molecule has 0 aromatic heterocycles. The largest absolute Gasteiger partial charge is 0.314 e. The molecule has 14 heavy (non-hydrogen) atoms. The number of hydrogen-bond acceptors (Lipinski definition) is 2. The van der Waals surface area contributed by atoms with Crippen LogP contribution in [-0.2, 0) is 0 Å². The zero-order chi connectivity index (χ0) is 9.54. The molecule has 3 fully saturated rings. The van der Waals surface area contributed by atoms with E-state index in [-0.39, 0.29) is 0 Å². The first-order chi connectivity index (χ1) is 6.83. The Morgan fingerprint density at radius 1 is 1.29 bits per heavy atom. The lowest BCUT2D eigenvalue weighted by atomic mass is 10.00. The highest BCUT2D eigenvalue weighted by molar-refractivity contribution is 4.94. The lowest BCUT2D eigenvalue weighted by Crippen LogP contribution is -2.38. The summed E-state index contributed by atoms with van der Waals surface area (Å²) >= 11 is 0. The van der Waals surface area contributed by atoms with Crippen molar-refractivity contribution in [3.63, 3.8) is 0 Å². The molecule has 2 saturated heterocycles. The minimum Gasteiger partial charge on any atom is -0.314 e. The van der Waals surface area contributed by atoms with E-state index in [0.717, 1.165) is 23.8 Å². The van der Waals surface area contributed by atoms with Gasteiger partial charge in [0.25, 0.3) is 0 Å². The van der Waals surface area contributed by atoms with Crippen LogP contribution in [0, 0.1) is 17.8 Å². The Kier molecular flexibility index (Phi) is 2.29. The van der Waals surface area contributed by atoms with Crippen molar-refractivity contribution in [3.8, 4) is 0 Å². The van der Waals surface area contributed by atoms with Gasteiger partial charge < -0.3 is 10.2 Å². The zero-order valence-electron chi connectivity index (χ0n) is 9.21. The van der Waals surface area contributed by atoms with Gasteiger partial charge in [-0.25, -0.2) is 0 Å². The second-order valence-electron chi connectivity index (χ2n) is 5.60. The SMILES string of the molecule is CC1NCCC1CN1CCC2CC2C1. The molecule has 2 heterocycles. The maximum atomic E-state index is 3.55. The fourth-order valence-corrected chi connectivity index (χ4v) is 3.32. The molecule has 0 radical (unpaired) electrons. The molecule has 0 aromatic rings. The molecule has 0 amide bonds. The average molecular weight is 194 g/mol. The van der Waals surface area contributed by atoms with Crippen molar-refractivity contribution in [2.24, 2.45) is 17.8 Å². The highest BCUT2D eigenvalue weighted by Gasteiger charge is 2.41. The van der Waals surface area contributed by atoms with Crippen LogP contribution in [0.3, 0.4) is 0 Å². The Bertz CT molecular complexity index is 216. The van der Waals surface area contributed by atoms with E-state index in [1.807, 2.05) is 0 Å². The number of piperidine rings is 1. The van der Waals surface area contributed by atoms with Crippen molar-refractivity contribution in [2.45, 2.75) is 32.2 Å². The first kappa shape index (κ1) is 9.17. The summed E-state index contributed by atoms with van der Waals surface area (Å²) in [5.74, 6) is 3.14. The molecular weight excluding hydrogens is 172 g/mol. The van der Waals surface area contributed by atoms with Crippen LogP contribution in [0.25, 0.3) is 0 Å². The normalized spacial score (nSPS) is 47.8. The van der Waals surface area contributed by atoms with Gasteiger partial charge in [0, 0.05) is 19.1 Å². The summed E-state index contributed by atoms with van der Waals surface area (Å²) in [6, 6.07) is 0.756. The van der Waals surface area contributed by atoms with Crippen molar-refractivity contribution < 1.29 is 0 Å². The summed E-state index contributed by atoms with van der Waals surface area (Å²) in [5.41, 5.74) is 0. The molecule has 4 unspecified atom stereocenters. The van der Waals surface area contributed by atoms with Crippen LogP contribution in [0.1, 0.15) is 26.2 Å². The number of rotatable bonds is 2. The smallest absolute Gasteiger partial charge is 0.00796 e. The third-order valence-electron chi connectivity index (χ3n) is 4.56. The van der Waals surface area contributed by atoms with Gasteiger partial charge in [0.15, 0.2) is 0 Å². The maximum Gasteiger partial charge on any atom is 0.00796 e. The molecule has 0 spiro atoms. The Hall–Kier alpha value is -0.0800. The van der Waals surface area contributed by atoms with Gasteiger partial charge in [0.05, 0.1) is 0 Å². The summed E-state index contributed by atoms with van der Waals surface area (Å²) in [7, 11) is 0. The second-order valence-corrected chi connectivity index (χ2v) is 5.60. The van der Waals surface area contributed by atoms with Crippen LogP contribution in [0.5, 0.6) is 0 Å². The summed E-state index contributed by atoms with van der Waals surface area (Å²) in [4.78, 5) is 2.72.